The first-order valence-electron chi connectivity index (χ1n) is 18.4. The maximum absolute atomic E-state index is 6.51. The average molecular weight is 687 g/mol. The minimum absolute atomic E-state index is 0.609. The summed E-state index contributed by atoms with van der Waals surface area (Å²) in [6, 6.07) is 50.5. The van der Waals surface area contributed by atoms with Gasteiger partial charge in [0.15, 0.2) is 17.5 Å². The highest BCUT2D eigenvalue weighted by molar-refractivity contribution is 6.68. The summed E-state index contributed by atoms with van der Waals surface area (Å²) in [6.45, 7) is 0. The highest BCUT2D eigenvalue weighted by atomic mass is 16.3. The summed E-state index contributed by atoms with van der Waals surface area (Å²) < 4.78 is 6.51. The minimum Gasteiger partial charge on any atom is -0.456 e. The van der Waals surface area contributed by atoms with Crippen molar-refractivity contribution < 1.29 is 4.42 Å². The lowest BCUT2D eigenvalue weighted by Crippen LogP contribution is -2.55. The van der Waals surface area contributed by atoms with Crippen LogP contribution < -0.4 is 27.3 Å². The number of nitrogens with zero attached hydrogens (tertiary/aromatic N) is 3. The SMILES string of the molecule is Bc1c(B)c(B)c(-c2ccc(-c3ccc(-c4ccc5c(c4)oc4cccc(-c6nc(-c7ccccc7)nc(-c7ccccc7)n6)c45)cc3)cc2)c(B)c1B. The molecule has 0 atom stereocenters. The van der Waals surface area contributed by atoms with E-state index in [1.54, 1.807) is 0 Å². The van der Waals surface area contributed by atoms with E-state index < -0.39 is 0 Å². The second-order valence-corrected chi connectivity index (χ2v) is 14.2. The average Bonchev–Trinajstić information content (AvgIpc) is 3.61. The highest BCUT2D eigenvalue weighted by Crippen LogP contribution is 2.38. The van der Waals surface area contributed by atoms with Crippen molar-refractivity contribution in [3.63, 3.8) is 0 Å². The van der Waals surface area contributed by atoms with E-state index >= 15 is 0 Å². The predicted molar refractivity (Wildman–Crippen MR) is 241 cm³/mol. The Hall–Kier alpha value is -6.33. The molecule has 0 aliphatic heterocycles. The number of benzene rings is 7. The zero-order valence-corrected chi connectivity index (χ0v) is 31.1. The van der Waals surface area contributed by atoms with Crippen molar-refractivity contribution in [1.29, 1.82) is 0 Å². The maximum Gasteiger partial charge on any atom is 0.164 e. The van der Waals surface area contributed by atoms with Crippen LogP contribution in [0.2, 0.25) is 0 Å². The van der Waals surface area contributed by atoms with Gasteiger partial charge in [0.25, 0.3) is 0 Å². The topological polar surface area (TPSA) is 51.8 Å². The number of fused-ring (bicyclic) bond motifs is 3. The molecule has 0 N–H and O–H groups in total. The Kier molecular flexibility index (Phi) is 8.43. The van der Waals surface area contributed by atoms with Crippen LogP contribution in [0, 0.1) is 0 Å². The van der Waals surface area contributed by atoms with E-state index in [2.05, 4.69) is 112 Å². The zero-order valence-electron chi connectivity index (χ0n) is 31.1. The first-order valence-corrected chi connectivity index (χ1v) is 18.4. The molecule has 250 valence electrons. The number of hydrogen-bond acceptors (Lipinski definition) is 4. The maximum atomic E-state index is 6.51. The number of aromatic nitrogens is 3. The molecular formula is C45H34B5N3O. The van der Waals surface area contributed by atoms with Gasteiger partial charge in [-0.05, 0) is 51.6 Å². The zero-order chi connectivity index (χ0) is 36.9. The second kappa shape index (κ2) is 13.6. The molecule has 0 saturated heterocycles. The van der Waals surface area contributed by atoms with Crippen LogP contribution in [-0.4, -0.2) is 54.2 Å². The fourth-order valence-corrected chi connectivity index (χ4v) is 7.74. The van der Waals surface area contributed by atoms with Crippen molar-refractivity contribution in [1.82, 2.24) is 15.0 Å². The summed E-state index contributed by atoms with van der Waals surface area (Å²) in [5, 5.41) is 2.01. The third-order valence-electron chi connectivity index (χ3n) is 11.2. The number of furan rings is 1. The van der Waals surface area contributed by atoms with Crippen LogP contribution in [0.3, 0.4) is 0 Å². The van der Waals surface area contributed by atoms with Gasteiger partial charge in [-0.3, -0.25) is 0 Å². The Balaban J connectivity index is 1.05. The molecule has 54 heavy (non-hydrogen) atoms. The molecule has 0 amide bonds. The Bertz CT molecular complexity index is 2770. The minimum atomic E-state index is 0.609. The summed E-state index contributed by atoms with van der Waals surface area (Å²) >= 11 is 0. The third-order valence-corrected chi connectivity index (χ3v) is 11.2. The molecule has 9 aromatic rings. The van der Waals surface area contributed by atoms with Crippen LogP contribution in [0.5, 0.6) is 0 Å². The Morgan fingerprint density at radius 1 is 0.352 bits per heavy atom. The molecule has 0 radical (unpaired) electrons. The summed E-state index contributed by atoms with van der Waals surface area (Å²) in [5.74, 6) is 1.87. The van der Waals surface area contributed by atoms with Gasteiger partial charge in [-0.1, -0.05) is 138 Å². The molecule has 0 saturated carbocycles. The van der Waals surface area contributed by atoms with Gasteiger partial charge in [0.1, 0.15) is 50.4 Å². The molecule has 0 aliphatic rings. The molecule has 9 rings (SSSR count). The first-order chi connectivity index (χ1) is 26.3. The van der Waals surface area contributed by atoms with E-state index in [0.29, 0.717) is 17.5 Å². The Labute approximate surface area is 319 Å². The molecule has 4 nitrogen and oxygen atoms in total. The largest absolute Gasteiger partial charge is 0.456 e. The van der Waals surface area contributed by atoms with Gasteiger partial charge in [0.2, 0.25) is 0 Å². The van der Waals surface area contributed by atoms with E-state index in [-0.39, 0.29) is 0 Å². The van der Waals surface area contributed by atoms with Crippen LogP contribution in [0.4, 0.5) is 0 Å². The van der Waals surface area contributed by atoms with Gasteiger partial charge in [-0.2, -0.15) is 0 Å². The molecule has 9 heteroatoms. The molecular weight excluding hydrogens is 653 g/mol. The molecule has 2 aromatic heterocycles. The second-order valence-electron chi connectivity index (χ2n) is 14.2. The van der Waals surface area contributed by atoms with E-state index in [4.69, 9.17) is 19.4 Å². The van der Waals surface area contributed by atoms with Crippen LogP contribution in [-0.2, 0) is 0 Å². The quantitative estimate of drug-likeness (QED) is 0.253. The van der Waals surface area contributed by atoms with Crippen molar-refractivity contribution >= 4 is 88.5 Å². The molecule has 0 fully saturated rings. The first kappa shape index (κ1) is 33.5. The van der Waals surface area contributed by atoms with Gasteiger partial charge >= 0.3 is 0 Å². The molecule has 0 bridgehead atoms. The monoisotopic (exact) mass is 687 g/mol. The van der Waals surface area contributed by atoms with E-state index in [1.807, 2.05) is 72.8 Å². The van der Waals surface area contributed by atoms with Gasteiger partial charge in [-0.15, -0.1) is 16.4 Å². The summed E-state index contributed by atoms with van der Waals surface area (Å²) in [7, 11) is 11.2. The van der Waals surface area contributed by atoms with Gasteiger partial charge < -0.3 is 4.42 Å². The molecule has 7 aromatic carbocycles. The lowest BCUT2D eigenvalue weighted by atomic mass is 9.59. The third kappa shape index (κ3) is 5.86. The van der Waals surface area contributed by atoms with Crippen molar-refractivity contribution in [2.45, 2.75) is 0 Å². The normalized spacial score (nSPS) is 11.3. The molecule has 2 heterocycles. The fourth-order valence-electron chi connectivity index (χ4n) is 7.74. The van der Waals surface area contributed by atoms with Crippen molar-refractivity contribution in [3.05, 3.63) is 146 Å². The van der Waals surface area contributed by atoms with Crippen molar-refractivity contribution in [2.24, 2.45) is 0 Å². The van der Waals surface area contributed by atoms with Gasteiger partial charge in [0, 0.05) is 27.5 Å². The van der Waals surface area contributed by atoms with E-state index in [9.17, 15) is 0 Å². The van der Waals surface area contributed by atoms with Crippen LogP contribution in [0.1, 0.15) is 0 Å². The molecule has 0 unspecified atom stereocenters. The summed E-state index contributed by atoms with van der Waals surface area (Å²) in [6.07, 6.45) is 0. The number of hydrogen-bond donors (Lipinski definition) is 0. The van der Waals surface area contributed by atoms with Crippen molar-refractivity contribution in [2.75, 3.05) is 0 Å². The van der Waals surface area contributed by atoms with E-state index in [0.717, 1.165) is 49.8 Å². The lowest BCUT2D eigenvalue weighted by Gasteiger charge is -2.20. The summed E-state index contributed by atoms with van der Waals surface area (Å²) in [5.41, 5.74) is 18.5. The predicted octanol–water partition coefficient (Wildman–Crippen LogP) is 3.07. The van der Waals surface area contributed by atoms with Crippen LogP contribution in [0.25, 0.3) is 89.5 Å². The van der Waals surface area contributed by atoms with Crippen LogP contribution >= 0.6 is 0 Å². The fraction of sp³-hybridized carbons (Fsp3) is 0. The molecule has 0 spiro atoms. The van der Waals surface area contributed by atoms with Crippen molar-refractivity contribution in [3.8, 4) is 67.5 Å². The van der Waals surface area contributed by atoms with E-state index in [1.165, 1.54) is 49.6 Å². The summed E-state index contributed by atoms with van der Waals surface area (Å²) in [4.78, 5) is 14.9. The standard InChI is InChI=1S/C45H34B5N3O/c46-38-36(39(47)41(49)42(50)40(38)48)28-20-18-26(19-21-28)25-14-16-27(17-15-25)31-22-23-32-35(24-31)54-34-13-7-12-33(37(32)34)45-52-43(29-8-3-1-4-9-29)51-44(53-45)30-10-5-2-6-11-30/h1-24H,46-50H2. The smallest absolute Gasteiger partial charge is 0.164 e. The van der Waals surface area contributed by atoms with Gasteiger partial charge in [-0.25, -0.2) is 15.0 Å². The molecule has 0 aliphatic carbocycles. The Morgan fingerprint density at radius 2 is 0.815 bits per heavy atom. The number of rotatable bonds is 6. The van der Waals surface area contributed by atoms with Crippen LogP contribution in [0.15, 0.2) is 150 Å². The highest BCUT2D eigenvalue weighted by Gasteiger charge is 2.19. The lowest BCUT2D eigenvalue weighted by molar-refractivity contribution is 0.669. The van der Waals surface area contributed by atoms with Gasteiger partial charge in [0.05, 0.1) is 0 Å². The Morgan fingerprint density at radius 3 is 1.37 bits per heavy atom.